The highest BCUT2D eigenvalue weighted by Crippen LogP contribution is 2.39. The van der Waals surface area contributed by atoms with Crippen molar-refractivity contribution in [2.24, 2.45) is 10.4 Å². The number of nitrogens with zero attached hydrogens (tertiary/aromatic N) is 2. The summed E-state index contributed by atoms with van der Waals surface area (Å²) in [6.45, 7) is 8.54. The minimum atomic E-state index is -0.951. The molecular formula is C25H25N3O5S2. The molecule has 0 radical (unpaired) electrons. The maximum atomic E-state index is 12.9. The summed E-state index contributed by atoms with van der Waals surface area (Å²) in [7, 11) is 0. The van der Waals surface area contributed by atoms with Crippen LogP contribution in [0.3, 0.4) is 0 Å². The van der Waals surface area contributed by atoms with Gasteiger partial charge in [-0.05, 0) is 39.0 Å². The molecule has 1 atom stereocenters. The first-order valence-electron chi connectivity index (χ1n) is 11.0. The standard InChI is InChI=1S/C25H25N3O5S2/c1-11-12(2)21(31)19(13(3)20(11)30)25(4,5)9-18(29)26-14-6-7-15-17(8-14)35-23(27-15)22-28-16(10-34-22)24(32)33/h6-8,16H,9-10H2,1-5H3,(H,26,29)(H,32,33)/t16-/m1/s1. The van der Waals surface area contributed by atoms with Crippen LogP contribution in [0, 0.1) is 5.41 Å². The average molecular weight is 512 g/mol. The van der Waals surface area contributed by atoms with Crippen LogP contribution in [0.1, 0.15) is 46.0 Å². The zero-order valence-electron chi connectivity index (χ0n) is 20.0. The lowest BCUT2D eigenvalue weighted by molar-refractivity contribution is -0.137. The number of hydrogen-bond donors (Lipinski definition) is 2. The third-order valence-electron chi connectivity index (χ3n) is 6.26. The number of rotatable bonds is 6. The van der Waals surface area contributed by atoms with Crippen LogP contribution in [0.4, 0.5) is 5.69 Å². The Morgan fingerprint density at radius 1 is 1.11 bits per heavy atom. The second kappa shape index (κ2) is 9.16. The van der Waals surface area contributed by atoms with Gasteiger partial charge in [-0.3, -0.25) is 19.4 Å². The summed E-state index contributed by atoms with van der Waals surface area (Å²) in [5, 5.41) is 13.3. The molecule has 1 aliphatic carbocycles. The number of hydrogen-bond acceptors (Lipinski definition) is 8. The van der Waals surface area contributed by atoms with Gasteiger partial charge in [0, 0.05) is 45.6 Å². The normalized spacial score (nSPS) is 19.0. The lowest BCUT2D eigenvalue weighted by atomic mass is 9.71. The molecule has 0 bridgehead atoms. The van der Waals surface area contributed by atoms with Crippen LogP contribution < -0.4 is 5.32 Å². The Morgan fingerprint density at radius 2 is 1.80 bits per heavy atom. The Labute approximate surface area is 210 Å². The van der Waals surface area contributed by atoms with Crippen LogP contribution in [0.15, 0.2) is 45.5 Å². The van der Waals surface area contributed by atoms with E-state index in [2.05, 4.69) is 15.3 Å². The highest BCUT2D eigenvalue weighted by molar-refractivity contribution is 8.15. The molecule has 1 aliphatic heterocycles. The number of carbonyl (C=O) groups is 4. The first kappa shape index (κ1) is 25.0. The number of aliphatic carboxylic acids is 1. The van der Waals surface area contributed by atoms with Gasteiger partial charge in [0.1, 0.15) is 10.1 Å². The molecule has 2 aromatic rings. The van der Waals surface area contributed by atoms with Gasteiger partial charge in [-0.2, -0.15) is 0 Å². The van der Waals surface area contributed by atoms with E-state index >= 15 is 0 Å². The number of ketones is 2. The number of amides is 1. The second-order valence-corrected chi connectivity index (χ2v) is 11.4. The lowest BCUT2D eigenvalue weighted by Gasteiger charge is -2.31. The number of Topliss-reactive ketones (excluding diaryl/α,β-unsaturated/α-hetero) is 2. The van der Waals surface area contributed by atoms with E-state index in [1.165, 1.54) is 23.1 Å². The van der Waals surface area contributed by atoms with E-state index < -0.39 is 17.4 Å². The molecule has 2 heterocycles. The van der Waals surface area contributed by atoms with Crippen LogP contribution in [0.5, 0.6) is 0 Å². The zero-order chi connectivity index (χ0) is 25.7. The van der Waals surface area contributed by atoms with E-state index in [1.54, 1.807) is 46.8 Å². The molecule has 182 valence electrons. The molecule has 1 aromatic carbocycles. The summed E-state index contributed by atoms with van der Waals surface area (Å²) in [5.74, 6) is -1.18. The Morgan fingerprint density at radius 3 is 2.46 bits per heavy atom. The predicted octanol–water partition coefficient (Wildman–Crippen LogP) is 4.40. The van der Waals surface area contributed by atoms with Gasteiger partial charge in [-0.15, -0.1) is 23.1 Å². The first-order chi connectivity index (χ1) is 16.4. The Bertz CT molecular complexity index is 1400. The number of anilines is 1. The van der Waals surface area contributed by atoms with Gasteiger partial charge in [-0.1, -0.05) is 13.8 Å². The van der Waals surface area contributed by atoms with E-state index in [4.69, 9.17) is 5.11 Å². The summed E-state index contributed by atoms with van der Waals surface area (Å²) in [5.41, 5.74) is 2.15. The number of benzene rings is 1. The smallest absolute Gasteiger partial charge is 0.329 e. The highest BCUT2D eigenvalue weighted by Gasteiger charge is 2.38. The number of thiazole rings is 1. The van der Waals surface area contributed by atoms with Gasteiger partial charge < -0.3 is 10.4 Å². The monoisotopic (exact) mass is 511 g/mol. The van der Waals surface area contributed by atoms with Crippen LogP contribution in [0.25, 0.3) is 10.2 Å². The number of aliphatic imine (C=N–C) groups is 1. The fraction of sp³-hybridized carbons (Fsp3) is 0.360. The van der Waals surface area contributed by atoms with Crippen molar-refractivity contribution in [2.45, 2.75) is 47.1 Å². The fourth-order valence-electron chi connectivity index (χ4n) is 4.31. The molecule has 4 rings (SSSR count). The van der Waals surface area contributed by atoms with Gasteiger partial charge in [0.15, 0.2) is 17.6 Å². The molecule has 0 fully saturated rings. The van der Waals surface area contributed by atoms with Gasteiger partial charge in [0.05, 0.1) is 10.2 Å². The third kappa shape index (κ3) is 4.72. The van der Waals surface area contributed by atoms with Crippen LogP contribution in [-0.2, 0) is 19.2 Å². The van der Waals surface area contributed by atoms with E-state index in [9.17, 15) is 19.2 Å². The number of carboxylic acids is 1. The molecule has 0 saturated carbocycles. The predicted molar refractivity (Wildman–Crippen MR) is 138 cm³/mol. The van der Waals surface area contributed by atoms with Gasteiger partial charge in [0.25, 0.3) is 0 Å². The van der Waals surface area contributed by atoms with Crippen molar-refractivity contribution in [1.29, 1.82) is 0 Å². The van der Waals surface area contributed by atoms with Crippen molar-refractivity contribution in [2.75, 3.05) is 11.1 Å². The molecule has 35 heavy (non-hydrogen) atoms. The van der Waals surface area contributed by atoms with Crippen molar-refractivity contribution in [3.8, 4) is 0 Å². The maximum absolute atomic E-state index is 12.9. The van der Waals surface area contributed by atoms with Crippen molar-refractivity contribution in [3.05, 3.63) is 45.5 Å². The average Bonchev–Trinajstić information content (AvgIpc) is 3.42. The van der Waals surface area contributed by atoms with Crippen LogP contribution in [0.2, 0.25) is 0 Å². The summed E-state index contributed by atoms with van der Waals surface area (Å²) >= 11 is 2.76. The van der Waals surface area contributed by atoms with Crippen LogP contribution >= 0.6 is 23.1 Å². The van der Waals surface area contributed by atoms with Crippen molar-refractivity contribution in [3.63, 3.8) is 0 Å². The molecular weight excluding hydrogens is 486 g/mol. The first-order valence-corrected chi connectivity index (χ1v) is 12.8. The highest BCUT2D eigenvalue weighted by atomic mass is 32.2. The molecule has 10 heteroatoms. The Kier molecular flexibility index (Phi) is 6.54. The molecule has 1 aromatic heterocycles. The number of carbonyl (C=O) groups excluding carboxylic acids is 3. The van der Waals surface area contributed by atoms with Gasteiger partial charge in [0.2, 0.25) is 5.91 Å². The van der Waals surface area contributed by atoms with Crippen LogP contribution in [-0.4, -0.2) is 50.4 Å². The Hall–Kier alpha value is -3.11. The van der Waals surface area contributed by atoms with Crippen molar-refractivity contribution in [1.82, 2.24) is 4.98 Å². The number of aromatic nitrogens is 1. The van der Waals surface area contributed by atoms with E-state index in [0.29, 0.717) is 43.8 Å². The number of fused-ring (bicyclic) bond motifs is 1. The Balaban J connectivity index is 1.51. The van der Waals surface area contributed by atoms with Gasteiger partial charge >= 0.3 is 5.97 Å². The summed E-state index contributed by atoms with van der Waals surface area (Å²) in [4.78, 5) is 58.4. The molecule has 0 spiro atoms. The maximum Gasteiger partial charge on any atom is 0.329 e. The quantitative estimate of drug-likeness (QED) is 0.551. The molecule has 0 saturated heterocycles. The van der Waals surface area contributed by atoms with Gasteiger partial charge in [-0.25, -0.2) is 9.78 Å². The molecule has 2 aliphatic rings. The molecule has 8 nitrogen and oxygen atoms in total. The summed E-state index contributed by atoms with van der Waals surface area (Å²) in [6.07, 6.45) is 0.0288. The summed E-state index contributed by atoms with van der Waals surface area (Å²) < 4.78 is 0.835. The summed E-state index contributed by atoms with van der Waals surface area (Å²) in [6, 6.07) is 4.59. The third-order valence-corrected chi connectivity index (χ3v) is 8.47. The van der Waals surface area contributed by atoms with E-state index in [0.717, 1.165) is 10.2 Å². The number of thioether (sulfide) groups is 1. The SMILES string of the molecule is CC1=C(C)C(=O)C(C(C)(C)CC(=O)Nc2ccc3nc(C4=N[C@@H](C(=O)O)CS4)sc3c2)=C(C)C1=O. The van der Waals surface area contributed by atoms with E-state index in [1.807, 2.05) is 6.07 Å². The van der Waals surface area contributed by atoms with Crippen molar-refractivity contribution < 1.29 is 24.3 Å². The topological polar surface area (TPSA) is 126 Å². The fourth-order valence-corrected chi connectivity index (χ4v) is 6.42. The van der Waals surface area contributed by atoms with Crippen molar-refractivity contribution >= 4 is 67.5 Å². The zero-order valence-corrected chi connectivity index (χ0v) is 21.6. The number of allylic oxidation sites excluding steroid dienone is 4. The number of nitrogens with one attached hydrogen (secondary N) is 1. The second-order valence-electron chi connectivity index (χ2n) is 9.32. The molecule has 0 unspecified atom stereocenters. The minimum absolute atomic E-state index is 0.0288. The lowest BCUT2D eigenvalue weighted by Crippen LogP contribution is -2.33. The largest absolute Gasteiger partial charge is 0.480 e. The minimum Gasteiger partial charge on any atom is -0.480 e. The molecule has 2 N–H and O–H groups in total. The number of carboxylic acid groups (broad SMARTS) is 1. The molecule has 1 amide bonds. The van der Waals surface area contributed by atoms with E-state index in [-0.39, 0.29) is 23.9 Å².